The molecule has 2 aromatic carbocycles. The van der Waals surface area contributed by atoms with Crippen molar-refractivity contribution in [3.05, 3.63) is 53.6 Å². The van der Waals surface area contributed by atoms with E-state index >= 15 is 0 Å². The predicted octanol–water partition coefficient (Wildman–Crippen LogP) is 2.92. The molecular weight excluding hydrogens is 630 g/mol. The molecule has 0 aliphatic heterocycles. The van der Waals surface area contributed by atoms with Crippen molar-refractivity contribution in [3.63, 3.8) is 0 Å². The van der Waals surface area contributed by atoms with Gasteiger partial charge in [-0.3, -0.25) is 4.90 Å². The average Bonchev–Trinajstić information content (AvgIpc) is 3.07. The fourth-order valence-electron chi connectivity index (χ4n) is 4.49. The zero-order chi connectivity index (χ0) is 34.2. The van der Waals surface area contributed by atoms with Crippen molar-refractivity contribution in [1.29, 1.82) is 5.26 Å². The summed E-state index contributed by atoms with van der Waals surface area (Å²) in [6.45, 7) is 2.58. The minimum atomic E-state index is -3.89. The van der Waals surface area contributed by atoms with Gasteiger partial charge >= 0.3 is 0 Å². The number of hydrogen-bond acceptors (Lipinski definition) is 15. The molecule has 16 heteroatoms. The van der Waals surface area contributed by atoms with Gasteiger partial charge in [0.05, 0.1) is 58.6 Å². The SMILES string of the molecule is COc1cc(S(=O)(=O)CCN(CCO)CCO)c(OC)cc1/N=N/c1c(Nc2ccccc2)nc(NCCOCCO)c(C#N)c1C. The van der Waals surface area contributed by atoms with Crippen molar-refractivity contribution in [1.82, 2.24) is 9.88 Å². The number of para-hydroxylation sites is 1. The van der Waals surface area contributed by atoms with Crippen molar-refractivity contribution in [3.8, 4) is 17.6 Å². The van der Waals surface area contributed by atoms with Crippen LogP contribution in [0.25, 0.3) is 0 Å². The number of aliphatic hydroxyl groups excluding tert-OH is 3. The summed E-state index contributed by atoms with van der Waals surface area (Å²) < 4.78 is 43.0. The number of hydrogen-bond donors (Lipinski definition) is 5. The van der Waals surface area contributed by atoms with Crippen molar-refractivity contribution in [2.24, 2.45) is 10.2 Å². The van der Waals surface area contributed by atoms with Gasteiger partial charge in [0.2, 0.25) is 0 Å². The molecule has 1 heterocycles. The monoisotopic (exact) mass is 671 g/mol. The van der Waals surface area contributed by atoms with Crippen LogP contribution in [0.3, 0.4) is 0 Å². The lowest BCUT2D eigenvalue weighted by Gasteiger charge is -2.20. The lowest BCUT2D eigenvalue weighted by molar-refractivity contribution is 0.0992. The number of anilines is 3. The minimum absolute atomic E-state index is 0.0220. The Balaban J connectivity index is 2.03. The summed E-state index contributed by atoms with van der Waals surface area (Å²) in [7, 11) is -1.19. The molecule has 0 radical (unpaired) electrons. The van der Waals surface area contributed by atoms with Gasteiger partial charge in [0.25, 0.3) is 0 Å². The topological polar surface area (TPSA) is 211 Å². The zero-order valence-electron chi connectivity index (χ0n) is 26.6. The fourth-order valence-corrected chi connectivity index (χ4v) is 5.94. The Bertz CT molecular complexity index is 1630. The molecule has 0 aliphatic rings. The van der Waals surface area contributed by atoms with Gasteiger partial charge in [-0.15, -0.1) is 10.2 Å². The predicted molar refractivity (Wildman–Crippen MR) is 176 cm³/mol. The molecule has 254 valence electrons. The lowest BCUT2D eigenvalue weighted by Crippen LogP contribution is -2.34. The van der Waals surface area contributed by atoms with E-state index in [1.807, 2.05) is 30.3 Å². The van der Waals surface area contributed by atoms with Gasteiger partial charge in [-0.05, 0) is 19.1 Å². The van der Waals surface area contributed by atoms with E-state index in [1.54, 1.807) is 11.8 Å². The maximum Gasteiger partial charge on any atom is 0.183 e. The zero-order valence-corrected chi connectivity index (χ0v) is 27.5. The summed E-state index contributed by atoms with van der Waals surface area (Å²) in [6.07, 6.45) is 0. The van der Waals surface area contributed by atoms with E-state index in [-0.39, 0.29) is 91.8 Å². The average molecular weight is 672 g/mol. The normalized spacial score (nSPS) is 11.5. The molecule has 0 saturated heterocycles. The molecule has 0 atom stereocenters. The summed E-state index contributed by atoms with van der Waals surface area (Å²) in [6, 6.07) is 14.1. The van der Waals surface area contributed by atoms with Crippen LogP contribution in [0.1, 0.15) is 11.1 Å². The molecule has 15 nitrogen and oxygen atoms in total. The standard InChI is InChI=1S/C31H41N7O8S/c1-22-24(21-32)30(33-9-16-46-17-15-41)35-31(34-23-7-5-4-6-8-23)29(22)37-36-25-19-27(45-3)28(20-26(25)44-2)47(42,43)18-12-38(10-13-39)11-14-40/h4-8,19-20,39-41H,9-18H2,1-3H3,(H2,33,34,35)/b37-36+. The van der Waals surface area contributed by atoms with Crippen LogP contribution in [0.2, 0.25) is 0 Å². The number of aliphatic hydroxyl groups is 3. The largest absolute Gasteiger partial charge is 0.495 e. The number of nitrogens with zero attached hydrogens (tertiary/aromatic N) is 5. The minimum Gasteiger partial charge on any atom is -0.495 e. The Morgan fingerprint density at radius 2 is 1.64 bits per heavy atom. The van der Waals surface area contributed by atoms with E-state index in [0.717, 1.165) is 0 Å². The first kappa shape index (κ1) is 37.1. The molecule has 3 aromatic rings. The number of pyridine rings is 1. The van der Waals surface area contributed by atoms with Crippen molar-refractivity contribution < 1.29 is 37.9 Å². The molecule has 3 rings (SSSR count). The number of rotatable bonds is 20. The number of nitriles is 1. The second-order valence-corrected chi connectivity index (χ2v) is 12.1. The summed E-state index contributed by atoms with van der Waals surface area (Å²) in [5.41, 5.74) is 1.85. The number of azo groups is 1. The Morgan fingerprint density at radius 1 is 0.936 bits per heavy atom. The van der Waals surface area contributed by atoms with Gasteiger partial charge in [0.1, 0.15) is 39.7 Å². The molecule has 47 heavy (non-hydrogen) atoms. The molecular formula is C31H41N7O8S. The maximum absolute atomic E-state index is 13.4. The molecule has 1 aromatic heterocycles. The van der Waals surface area contributed by atoms with Crippen LogP contribution in [0.5, 0.6) is 11.5 Å². The highest BCUT2D eigenvalue weighted by Gasteiger charge is 2.24. The fraction of sp³-hybridized carbons (Fsp3) is 0.419. The first-order valence-electron chi connectivity index (χ1n) is 14.8. The maximum atomic E-state index is 13.4. The van der Waals surface area contributed by atoms with Crippen LogP contribution in [0.15, 0.2) is 57.6 Å². The Kier molecular flexibility index (Phi) is 14.8. The molecule has 5 N–H and O–H groups in total. The van der Waals surface area contributed by atoms with E-state index in [4.69, 9.17) is 19.3 Å². The van der Waals surface area contributed by atoms with Gasteiger partial charge in [0.15, 0.2) is 15.7 Å². The van der Waals surface area contributed by atoms with Crippen molar-refractivity contribution >= 4 is 38.5 Å². The number of aromatic nitrogens is 1. The molecule has 0 fully saturated rings. The third-order valence-corrected chi connectivity index (χ3v) is 8.61. The van der Waals surface area contributed by atoms with Gasteiger partial charge < -0.3 is 40.2 Å². The molecule has 0 saturated carbocycles. The molecule has 0 amide bonds. The quantitative estimate of drug-likeness (QED) is 0.0865. The number of methoxy groups -OCH3 is 2. The van der Waals surface area contributed by atoms with Gasteiger partial charge in [-0.1, -0.05) is 18.2 Å². The molecule has 0 spiro atoms. The highest BCUT2D eigenvalue weighted by Crippen LogP contribution is 2.41. The second kappa shape index (κ2) is 18.7. The summed E-state index contributed by atoms with van der Waals surface area (Å²) in [4.78, 5) is 6.17. The Hall–Kier alpha value is -4.37. The van der Waals surface area contributed by atoms with E-state index in [1.165, 1.54) is 26.4 Å². The van der Waals surface area contributed by atoms with Gasteiger partial charge in [0, 0.05) is 49.6 Å². The summed E-state index contributed by atoms with van der Waals surface area (Å²) in [5, 5.41) is 52.6. The number of benzene rings is 2. The van der Waals surface area contributed by atoms with Crippen LogP contribution in [0.4, 0.5) is 28.7 Å². The Labute approximate surface area is 274 Å². The van der Waals surface area contributed by atoms with Crippen molar-refractivity contribution in [2.45, 2.75) is 11.8 Å². The third kappa shape index (κ3) is 10.3. The van der Waals surface area contributed by atoms with E-state index in [9.17, 15) is 23.9 Å². The molecule has 0 bridgehead atoms. The van der Waals surface area contributed by atoms with Crippen LogP contribution < -0.4 is 20.1 Å². The lowest BCUT2D eigenvalue weighted by atomic mass is 10.1. The van der Waals surface area contributed by atoms with Gasteiger partial charge in [-0.2, -0.15) is 5.26 Å². The van der Waals surface area contributed by atoms with Crippen LogP contribution in [-0.2, 0) is 14.6 Å². The highest BCUT2D eigenvalue weighted by molar-refractivity contribution is 7.91. The first-order chi connectivity index (χ1) is 22.7. The van der Waals surface area contributed by atoms with Crippen LogP contribution in [0, 0.1) is 18.3 Å². The summed E-state index contributed by atoms with van der Waals surface area (Å²) >= 11 is 0. The summed E-state index contributed by atoms with van der Waals surface area (Å²) in [5.74, 6) is 0.447. The van der Waals surface area contributed by atoms with E-state index in [0.29, 0.717) is 29.4 Å². The number of nitrogens with one attached hydrogen (secondary N) is 2. The molecule has 0 unspecified atom stereocenters. The van der Waals surface area contributed by atoms with E-state index < -0.39 is 9.84 Å². The van der Waals surface area contributed by atoms with Crippen LogP contribution >= 0.6 is 0 Å². The highest BCUT2D eigenvalue weighted by atomic mass is 32.2. The van der Waals surface area contributed by atoms with Crippen LogP contribution in [-0.4, -0.2) is 113 Å². The van der Waals surface area contributed by atoms with E-state index in [2.05, 4.69) is 31.9 Å². The second-order valence-electron chi connectivity index (χ2n) is 10.0. The number of sulfone groups is 1. The Morgan fingerprint density at radius 3 is 2.26 bits per heavy atom. The number of ether oxygens (including phenoxy) is 3. The molecule has 0 aliphatic carbocycles. The third-order valence-electron chi connectivity index (χ3n) is 6.90. The first-order valence-corrected chi connectivity index (χ1v) is 16.4. The van der Waals surface area contributed by atoms with Gasteiger partial charge in [-0.25, -0.2) is 13.4 Å². The smallest absolute Gasteiger partial charge is 0.183 e. The van der Waals surface area contributed by atoms with Crippen molar-refractivity contribution in [2.75, 3.05) is 89.8 Å².